The van der Waals surface area contributed by atoms with Crippen LogP contribution in [0, 0.1) is 13.8 Å². The summed E-state index contributed by atoms with van der Waals surface area (Å²) in [4.78, 5) is 25.1. The van der Waals surface area contributed by atoms with E-state index in [0.29, 0.717) is 23.0 Å². The van der Waals surface area contributed by atoms with Crippen LogP contribution >= 0.6 is 0 Å². The second-order valence-electron chi connectivity index (χ2n) is 6.60. The van der Waals surface area contributed by atoms with Crippen LogP contribution in [0.5, 0.6) is 17.2 Å². The first-order chi connectivity index (χ1) is 14.9. The minimum atomic E-state index is -0.530. The highest BCUT2D eigenvalue weighted by Gasteiger charge is 2.16. The predicted molar refractivity (Wildman–Crippen MR) is 111 cm³/mol. The van der Waals surface area contributed by atoms with Gasteiger partial charge in [0.25, 0.3) is 11.8 Å². The molecule has 9 heteroatoms. The van der Waals surface area contributed by atoms with Crippen molar-refractivity contribution in [2.45, 2.75) is 20.5 Å². The van der Waals surface area contributed by atoms with Gasteiger partial charge in [-0.3, -0.25) is 20.4 Å². The third kappa shape index (κ3) is 5.13. The molecule has 0 saturated carbocycles. The van der Waals surface area contributed by atoms with E-state index in [9.17, 15) is 9.59 Å². The van der Waals surface area contributed by atoms with E-state index in [2.05, 4.69) is 16.0 Å². The lowest BCUT2D eigenvalue weighted by atomic mass is 10.2. The van der Waals surface area contributed by atoms with Gasteiger partial charge in [0, 0.05) is 11.6 Å². The number of nitrogens with zero attached hydrogens (tertiary/aromatic N) is 1. The molecule has 0 radical (unpaired) electrons. The Morgan fingerprint density at radius 1 is 0.968 bits per heavy atom. The quantitative estimate of drug-likeness (QED) is 0.560. The summed E-state index contributed by atoms with van der Waals surface area (Å²) >= 11 is 0. The zero-order valence-electron chi connectivity index (χ0n) is 17.6. The monoisotopic (exact) mass is 425 g/mol. The SMILES string of the molecule is COc1cc(OC)cc(C(=O)NNC(=O)c2ccccc2OCc2c(C)noc2C)c1. The smallest absolute Gasteiger partial charge is 0.273 e. The normalized spacial score (nSPS) is 10.3. The number of benzene rings is 2. The van der Waals surface area contributed by atoms with Gasteiger partial charge in [0.2, 0.25) is 0 Å². The summed E-state index contributed by atoms with van der Waals surface area (Å²) in [6.07, 6.45) is 0. The fourth-order valence-electron chi connectivity index (χ4n) is 2.83. The van der Waals surface area contributed by atoms with Gasteiger partial charge >= 0.3 is 0 Å². The number of rotatable bonds is 7. The van der Waals surface area contributed by atoms with Gasteiger partial charge in [0.1, 0.15) is 29.6 Å². The van der Waals surface area contributed by atoms with E-state index >= 15 is 0 Å². The first-order valence-corrected chi connectivity index (χ1v) is 9.40. The highest BCUT2D eigenvalue weighted by molar-refractivity contribution is 6.00. The topological polar surface area (TPSA) is 112 Å². The summed E-state index contributed by atoms with van der Waals surface area (Å²) in [6, 6.07) is 11.4. The van der Waals surface area contributed by atoms with Gasteiger partial charge in [-0.1, -0.05) is 17.3 Å². The Morgan fingerprint density at radius 2 is 1.61 bits per heavy atom. The van der Waals surface area contributed by atoms with Gasteiger partial charge in [0.05, 0.1) is 31.0 Å². The summed E-state index contributed by atoms with van der Waals surface area (Å²) in [5.74, 6) is 0.859. The molecule has 0 unspecified atom stereocenters. The molecule has 0 aliphatic rings. The van der Waals surface area contributed by atoms with Gasteiger partial charge in [-0.05, 0) is 38.1 Å². The Kier molecular flexibility index (Phi) is 6.76. The third-order valence-corrected chi connectivity index (χ3v) is 4.59. The fraction of sp³-hybridized carbons (Fsp3) is 0.227. The summed E-state index contributed by atoms with van der Waals surface area (Å²) in [7, 11) is 2.97. The molecule has 0 bridgehead atoms. The van der Waals surface area contributed by atoms with E-state index in [1.165, 1.54) is 26.4 Å². The lowest BCUT2D eigenvalue weighted by molar-refractivity contribution is 0.0844. The van der Waals surface area contributed by atoms with Gasteiger partial charge in [0.15, 0.2) is 0 Å². The minimum absolute atomic E-state index is 0.196. The fourth-order valence-corrected chi connectivity index (χ4v) is 2.83. The lowest BCUT2D eigenvalue weighted by Crippen LogP contribution is -2.41. The molecule has 0 atom stereocenters. The summed E-state index contributed by atoms with van der Waals surface area (Å²) < 4.78 is 21.3. The Balaban J connectivity index is 1.68. The third-order valence-electron chi connectivity index (χ3n) is 4.59. The van der Waals surface area contributed by atoms with E-state index in [1.54, 1.807) is 37.3 Å². The van der Waals surface area contributed by atoms with E-state index in [1.807, 2.05) is 6.92 Å². The van der Waals surface area contributed by atoms with Crippen LogP contribution in [-0.2, 0) is 6.61 Å². The molecule has 162 valence electrons. The minimum Gasteiger partial charge on any atom is -0.497 e. The molecule has 9 nitrogen and oxygen atoms in total. The second-order valence-corrected chi connectivity index (χ2v) is 6.60. The van der Waals surface area contributed by atoms with Gasteiger partial charge in [-0.2, -0.15) is 0 Å². The molecule has 0 fully saturated rings. The number of amides is 2. The first-order valence-electron chi connectivity index (χ1n) is 9.40. The molecule has 3 rings (SSSR count). The number of carbonyl (C=O) groups is 2. The molecular formula is C22H23N3O6. The number of ether oxygens (including phenoxy) is 3. The van der Waals surface area contributed by atoms with Crippen molar-refractivity contribution >= 4 is 11.8 Å². The zero-order chi connectivity index (χ0) is 22.4. The van der Waals surface area contributed by atoms with Crippen LogP contribution in [0.15, 0.2) is 47.0 Å². The molecular weight excluding hydrogens is 402 g/mol. The van der Waals surface area contributed by atoms with Crippen LogP contribution in [0.4, 0.5) is 0 Å². The lowest BCUT2D eigenvalue weighted by Gasteiger charge is -2.13. The van der Waals surface area contributed by atoms with Crippen molar-refractivity contribution in [2.24, 2.45) is 0 Å². The molecule has 1 heterocycles. The average Bonchev–Trinajstić information content (AvgIpc) is 3.12. The molecule has 2 aromatic carbocycles. The van der Waals surface area contributed by atoms with Crippen LogP contribution in [0.2, 0.25) is 0 Å². The number of para-hydroxylation sites is 1. The number of nitrogens with one attached hydrogen (secondary N) is 2. The number of hydrazine groups is 1. The van der Waals surface area contributed by atoms with Crippen molar-refractivity contribution in [3.63, 3.8) is 0 Å². The van der Waals surface area contributed by atoms with Gasteiger partial charge in [-0.15, -0.1) is 0 Å². The Bertz CT molecular complexity index is 1050. The van der Waals surface area contributed by atoms with Gasteiger partial charge in [-0.25, -0.2) is 0 Å². The largest absolute Gasteiger partial charge is 0.497 e. The van der Waals surface area contributed by atoms with E-state index in [0.717, 1.165) is 11.3 Å². The Morgan fingerprint density at radius 3 is 2.23 bits per heavy atom. The number of aryl methyl sites for hydroxylation is 2. The van der Waals surface area contributed by atoms with Crippen LogP contribution in [-0.4, -0.2) is 31.2 Å². The van der Waals surface area contributed by atoms with E-state index in [-0.39, 0.29) is 17.7 Å². The predicted octanol–water partition coefficient (Wildman–Crippen LogP) is 2.96. The first kappa shape index (κ1) is 21.7. The standard InChI is InChI=1S/C22H23N3O6/c1-13-19(14(2)31-25-13)12-30-20-8-6-5-7-18(20)22(27)24-23-21(26)15-9-16(28-3)11-17(10-15)29-4/h5-11H,12H2,1-4H3,(H,23,26)(H,24,27). The maximum atomic E-state index is 12.7. The molecule has 0 spiro atoms. The molecule has 0 aliphatic heterocycles. The summed E-state index contributed by atoms with van der Waals surface area (Å²) in [5, 5.41) is 3.89. The van der Waals surface area contributed by atoms with Crippen molar-refractivity contribution < 1.29 is 28.3 Å². The summed E-state index contributed by atoms with van der Waals surface area (Å²) in [5.41, 5.74) is 6.85. The molecule has 1 aromatic heterocycles. The molecule has 2 amide bonds. The van der Waals surface area contributed by atoms with Crippen molar-refractivity contribution in [3.05, 3.63) is 70.6 Å². The maximum Gasteiger partial charge on any atom is 0.273 e. The van der Waals surface area contributed by atoms with Crippen LogP contribution in [0.1, 0.15) is 37.7 Å². The molecule has 3 aromatic rings. The zero-order valence-corrected chi connectivity index (χ0v) is 17.6. The molecule has 2 N–H and O–H groups in total. The second kappa shape index (κ2) is 9.66. The van der Waals surface area contributed by atoms with Crippen LogP contribution in [0.3, 0.4) is 0 Å². The number of carbonyl (C=O) groups excluding carboxylic acids is 2. The molecule has 0 saturated heterocycles. The number of aromatic nitrogens is 1. The van der Waals surface area contributed by atoms with Crippen LogP contribution in [0.25, 0.3) is 0 Å². The van der Waals surface area contributed by atoms with E-state index in [4.69, 9.17) is 18.7 Å². The maximum absolute atomic E-state index is 12.7. The highest BCUT2D eigenvalue weighted by atomic mass is 16.5. The molecule has 0 aliphatic carbocycles. The van der Waals surface area contributed by atoms with Crippen molar-refractivity contribution in [1.29, 1.82) is 0 Å². The highest BCUT2D eigenvalue weighted by Crippen LogP contribution is 2.23. The van der Waals surface area contributed by atoms with Crippen molar-refractivity contribution in [2.75, 3.05) is 14.2 Å². The number of methoxy groups -OCH3 is 2. The van der Waals surface area contributed by atoms with Crippen molar-refractivity contribution in [3.8, 4) is 17.2 Å². The summed E-state index contributed by atoms with van der Waals surface area (Å²) in [6.45, 7) is 3.80. The van der Waals surface area contributed by atoms with Crippen LogP contribution < -0.4 is 25.1 Å². The molecule has 31 heavy (non-hydrogen) atoms. The van der Waals surface area contributed by atoms with E-state index < -0.39 is 11.8 Å². The number of hydrogen-bond acceptors (Lipinski definition) is 7. The Labute approximate surface area is 179 Å². The Hall–Kier alpha value is -4.01. The average molecular weight is 425 g/mol. The van der Waals surface area contributed by atoms with Crippen molar-refractivity contribution in [1.82, 2.24) is 16.0 Å². The number of hydrogen-bond donors (Lipinski definition) is 2. The van der Waals surface area contributed by atoms with Gasteiger partial charge < -0.3 is 18.7 Å².